The molecule has 3 heteroatoms. The second kappa shape index (κ2) is 10.2. The van der Waals surface area contributed by atoms with E-state index in [1.165, 1.54) is 10.4 Å². The van der Waals surface area contributed by atoms with Crippen molar-refractivity contribution in [1.29, 1.82) is 0 Å². The molecule has 1 rings (SSSR count). The molecule has 0 aliphatic carbocycles. The molecule has 0 amide bonds. The molecule has 0 bridgehead atoms. The summed E-state index contributed by atoms with van der Waals surface area (Å²) >= 11 is 1.76. The molecule has 1 heterocycles. The molecule has 0 spiro atoms. The topological polar surface area (TPSA) is 15.3 Å². The van der Waals surface area contributed by atoms with Gasteiger partial charge in [-0.15, -0.1) is 17.9 Å². The van der Waals surface area contributed by atoms with Crippen LogP contribution >= 0.6 is 11.3 Å². The van der Waals surface area contributed by atoms with Crippen molar-refractivity contribution in [2.45, 2.75) is 46.6 Å². The maximum absolute atomic E-state index is 4.07. The summed E-state index contributed by atoms with van der Waals surface area (Å²) in [7, 11) is 4.04. The van der Waals surface area contributed by atoms with Crippen LogP contribution in [0.2, 0.25) is 0 Å². The fourth-order valence-corrected chi connectivity index (χ4v) is 3.60. The van der Waals surface area contributed by atoms with Gasteiger partial charge < -0.3 is 10.2 Å². The molecule has 0 fully saturated rings. The van der Waals surface area contributed by atoms with Crippen LogP contribution in [0.1, 0.15) is 51.5 Å². The molecule has 1 atom stereocenters. The van der Waals surface area contributed by atoms with E-state index in [4.69, 9.17) is 0 Å². The summed E-state index contributed by atoms with van der Waals surface area (Å²) in [6, 6.07) is 2.24. The van der Waals surface area contributed by atoms with Crippen LogP contribution in [0, 0.1) is 0 Å². The van der Waals surface area contributed by atoms with Gasteiger partial charge in [-0.1, -0.05) is 38.7 Å². The summed E-state index contributed by atoms with van der Waals surface area (Å²) < 4.78 is 0. The molecule has 0 saturated carbocycles. The van der Waals surface area contributed by atoms with Gasteiger partial charge in [-0.05, 0) is 49.8 Å². The van der Waals surface area contributed by atoms with Crippen LogP contribution in [-0.2, 0) is 5.54 Å². The molecule has 1 aromatic rings. The quantitative estimate of drug-likeness (QED) is 0.447. The SMILES string of the molecule is C=C/C(=C\N(C)C)c1csc([C@](C)(CC(=C)C)NC(=C)C)c1.CC. The Morgan fingerprint density at radius 3 is 2.29 bits per heavy atom. The van der Waals surface area contributed by atoms with E-state index < -0.39 is 0 Å². The van der Waals surface area contributed by atoms with Crippen LogP contribution in [0.25, 0.3) is 5.57 Å². The first-order valence-corrected chi connectivity index (χ1v) is 9.24. The zero-order valence-corrected chi connectivity index (χ0v) is 17.3. The molecule has 0 unspecified atom stereocenters. The summed E-state index contributed by atoms with van der Waals surface area (Å²) in [6.45, 7) is 22.3. The predicted octanol–water partition coefficient (Wildman–Crippen LogP) is 6.17. The Balaban J connectivity index is 0.00000254. The zero-order chi connectivity index (χ0) is 18.9. The smallest absolute Gasteiger partial charge is 0.0723 e. The summed E-state index contributed by atoms with van der Waals surface area (Å²) in [5.41, 5.74) is 4.26. The number of rotatable bonds is 8. The first-order valence-electron chi connectivity index (χ1n) is 8.36. The van der Waals surface area contributed by atoms with Crippen LogP contribution in [0.4, 0.5) is 0 Å². The highest BCUT2D eigenvalue weighted by atomic mass is 32.1. The number of nitrogens with zero attached hydrogens (tertiary/aromatic N) is 1. The maximum Gasteiger partial charge on any atom is 0.0723 e. The summed E-state index contributed by atoms with van der Waals surface area (Å²) in [6.07, 6.45) is 4.86. The lowest BCUT2D eigenvalue weighted by atomic mass is 9.91. The Morgan fingerprint density at radius 2 is 1.88 bits per heavy atom. The first-order chi connectivity index (χ1) is 11.2. The van der Waals surface area contributed by atoms with Gasteiger partial charge in [0.2, 0.25) is 0 Å². The third kappa shape index (κ3) is 6.79. The molecule has 1 N–H and O–H groups in total. The largest absolute Gasteiger partial charge is 0.383 e. The van der Waals surface area contributed by atoms with E-state index in [-0.39, 0.29) is 5.54 Å². The van der Waals surface area contributed by atoms with Gasteiger partial charge in [-0.2, -0.15) is 0 Å². The van der Waals surface area contributed by atoms with E-state index in [0.29, 0.717) is 0 Å². The number of nitrogens with one attached hydrogen (secondary N) is 1. The minimum Gasteiger partial charge on any atom is -0.383 e. The van der Waals surface area contributed by atoms with E-state index in [0.717, 1.165) is 23.3 Å². The van der Waals surface area contributed by atoms with E-state index in [2.05, 4.69) is 56.5 Å². The zero-order valence-electron chi connectivity index (χ0n) is 16.5. The van der Waals surface area contributed by atoms with Crippen molar-refractivity contribution in [3.05, 3.63) is 65.2 Å². The summed E-state index contributed by atoms with van der Waals surface area (Å²) in [4.78, 5) is 3.31. The van der Waals surface area contributed by atoms with Gasteiger partial charge in [0, 0.05) is 30.9 Å². The second-order valence-corrected chi connectivity index (χ2v) is 7.23. The van der Waals surface area contributed by atoms with Crippen LogP contribution < -0.4 is 5.32 Å². The van der Waals surface area contributed by atoms with Gasteiger partial charge in [-0.3, -0.25) is 0 Å². The van der Waals surface area contributed by atoms with Crippen molar-refractivity contribution >= 4 is 16.9 Å². The highest BCUT2D eigenvalue weighted by Gasteiger charge is 2.28. The Labute approximate surface area is 153 Å². The highest BCUT2D eigenvalue weighted by Crippen LogP contribution is 2.35. The minimum atomic E-state index is -0.176. The lowest BCUT2D eigenvalue weighted by Crippen LogP contribution is -2.37. The third-order valence-corrected chi connectivity index (χ3v) is 4.43. The van der Waals surface area contributed by atoms with Gasteiger partial charge in [0.15, 0.2) is 0 Å². The van der Waals surface area contributed by atoms with E-state index in [9.17, 15) is 0 Å². The van der Waals surface area contributed by atoms with Gasteiger partial charge in [0.05, 0.1) is 5.54 Å². The molecule has 2 nitrogen and oxygen atoms in total. The number of thiophene rings is 1. The third-order valence-electron chi connectivity index (χ3n) is 3.24. The monoisotopic (exact) mass is 346 g/mol. The van der Waals surface area contributed by atoms with Crippen molar-refractivity contribution < 1.29 is 0 Å². The van der Waals surface area contributed by atoms with Gasteiger partial charge >= 0.3 is 0 Å². The Bertz CT molecular complexity index is 575. The lowest BCUT2D eigenvalue weighted by Gasteiger charge is -2.31. The second-order valence-electron chi connectivity index (χ2n) is 6.32. The van der Waals surface area contributed by atoms with Crippen LogP contribution in [0.15, 0.2) is 54.7 Å². The summed E-state index contributed by atoms with van der Waals surface area (Å²) in [5.74, 6) is 0. The van der Waals surface area contributed by atoms with Crippen LogP contribution in [-0.4, -0.2) is 19.0 Å². The normalized spacial score (nSPS) is 13.2. The number of allylic oxidation sites excluding steroid dienone is 3. The molecule has 0 radical (unpaired) electrons. The van der Waals surface area contributed by atoms with Crippen molar-refractivity contribution in [3.63, 3.8) is 0 Å². The van der Waals surface area contributed by atoms with Crippen molar-refractivity contribution in [2.24, 2.45) is 0 Å². The Hall–Kier alpha value is -1.74. The minimum absolute atomic E-state index is 0.176. The molecule has 0 aliphatic heterocycles. The molecular formula is C21H34N2S. The summed E-state index contributed by atoms with van der Waals surface area (Å²) in [5, 5.41) is 5.70. The van der Waals surface area contributed by atoms with Gasteiger partial charge in [0.25, 0.3) is 0 Å². The van der Waals surface area contributed by atoms with Crippen molar-refractivity contribution in [3.8, 4) is 0 Å². The molecule has 1 aromatic heterocycles. The molecular weight excluding hydrogens is 312 g/mol. The molecule has 0 aromatic carbocycles. The molecule has 24 heavy (non-hydrogen) atoms. The molecule has 0 aliphatic rings. The Morgan fingerprint density at radius 1 is 1.29 bits per heavy atom. The van der Waals surface area contributed by atoms with Crippen molar-refractivity contribution in [1.82, 2.24) is 10.2 Å². The van der Waals surface area contributed by atoms with Crippen LogP contribution in [0.5, 0.6) is 0 Å². The highest BCUT2D eigenvalue weighted by molar-refractivity contribution is 7.10. The fraction of sp³-hybridized carbons (Fsp3) is 0.429. The first kappa shape index (κ1) is 22.3. The Kier molecular flexibility index (Phi) is 9.45. The molecule has 0 saturated heterocycles. The fourth-order valence-electron chi connectivity index (χ4n) is 2.57. The predicted molar refractivity (Wildman–Crippen MR) is 112 cm³/mol. The van der Waals surface area contributed by atoms with Crippen LogP contribution in [0.3, 0.4) is 0 Å². The maximum atomic E-state index is 4.07. The standard InChI is InChI=1S/C19H28N2S.C2H6/c1-9-16(12-21(7)8)17-10-18(22-13-17)19(6,11-14(2)3)20-15(4)5;1-2/h9-10,12-13,20H,1-2,4,11H2,3,5-8H3;1-2H3/b16-12+;/t19-;/m0./s1. The average Bonchev–Trinajstić information content (AvgIpc) is 2.95. The van der Waals surface area contributed by atoms with E-state index in [1.807, 2.05) is 45.8 Å². The van der Waals surface area contributed by atoms with Gasteiger partial charge in [0.1, 0.15) is 0 Å². The van der Waals surface area contributed by atoms with E-state index in [1.54, 1.807) is 11.3 Å². The van der Waals surface area contributed by atoms with Gasteiger partial charge in [-0.25, -0.2) is 0 Å². The van der Waals surface area contributed by atoms with Crippen molar-refractivity contribution in [2.75, 3.05) is 14.1 Å². The average molecular weight is 347 g/mol. The van der Waals surface area contributed by atoms with E-state index >= 15 is 0 Å². The molecule has 134 valence electrons. The number of hydrogen-bond donors (Lipinski definition) is 1. The lowest BCUT2D eigenvalue weighted by molar-refractivity contribution is 0.409. The number of hydrogen-bond acceptors (Lipinski definition) is 3.